The Morgan fingerprint density at radius 1 is 0.465 bits per heavy atom. The number of nitrogen functional groups attached to an aromatic ring is 4. The molecule has 0 aromatic heterocycles. The van der Waals surface area contributed by atoms with Crippen molar-refractivity contribution in [1.29, 1.82) is 0 Å². The minimum Gasteiger partial charge on any atom is -0.493 e. The van der Waals surface area contributed by atoms with Crippen LogP contribution < -0.4 is 32.4 Å². The quantitative estimate of drug-likeness (QED) is 0.0178. The van der Waals surface area contributed by atoms with Gasteiger partial charge < -0.3 is 51.4 Å². The Bertz CT molecular complexity index is 2290. The molecule has 14 heteroatoms. The SMILES string of the molecule is CCCC1CCC(COc2ccc(C=CC(=O)OCCCOC(=O)c3cc(N)cc(N)c3)cc2)CC1.CCCC1CCC(COc2ccc(C=CC(=O)OCCOC(=O)c3cc(N)cc(N)c3)cc2)CC1. The molecule has 2 aliphatic carbocycles. The first kappa shape index (κ1) is 55.0. The molecule has 0 saturated heterocycles. The van der Waals surface area contributed by atoms with Crippen molar-refractivity contribution in [2.75, 3.05) is 62.6 Å². The number of rotatable bonds is 23. The summed E-state index contributed by atoms with van der Waals surface area (Å²) in [6, 6.07) is 24.4. The minimum absolute atomic E-state index is 0.0557. The van der Waals surface area contributed by atoms with Gasteiger partial charge in [-0.25, -0.2) is 19.2 Å². The maximum atomic E-state index is 12.0. The summed E-state index contributed by atoms with van der Waals surface area (Å²) >= 11 is 0. The number of esters is 4. The fraction of sp³-hybridized carbons (Fsp3) is 0.439. The summed E-state index contributed by atoms with van der Waals surface area (Å²) in [4.78, 5) is 47.9. The van der Waals surface area contributed by atoms with E-state index in [1.165, 1.54) is 113 Å². The first-order valence-electron chi connectivity index (χ1n) is 25.2. The zero-order valence-electron chi connectivity index (χ0n) is 41.5. The molecule has 0 aliphatic heterocycles. The number of hydrogen-bond donors (Lipinski definition) is 4. The summed E-state index contributed by atoms with van der Waals surface area (Å²) in [6.45, 7) is 6.19. The number of ether oxygens (including phenoxy) is 6. The van der Waals surface area contributed by atoms with E-state index in [1.807, 2.05) is 48.5 Å². The highest BCUT2D eigenvalue weighted by Crippen LogP contribution is 2.33. The van der Waals surface area contributed by atoms with E-state index in [0.29, 0.717) is 46.6 Å². The molecule has 14 nitrogen and oxygen atoms in total. The van der Waals surface area contributed by atoms with E-state index in [1.54, 1.807) is 24.3 Å². The van der Waals surface area contributed by atoms with E-state index in [-0.39, 0.29) is 32.0 Å². The first-order chi connectivity index (χ1) is 34.3. The fourth-order valence-electron chi connectivity index (χ4n) is 8.82. The van der Waals surface area contributed by atoms with E-state index in [4.69, 9.17) is 51.4 Å². The average molecular weight is 975 g/mol. The van der Waals surface area contributed by atoms with Gasteiger partial charge in [0.15, 0.2) is 0 Å². The van der Waals surface area contributed by atoms with Crippen LogP contribution in [0.2, 0.25) is 0 Å². The van der Waals surface area contributed by atoms with Crippen LogP contribution in [-0.2, 0) is 28.5 Å². The minimum atomic E-state index is -0.581. The van der Waals surface area contributed by atoms with E-state index < -0.39 is 23.9 Å². The van der Waals surface area contributed by atoms with Crippen molar-refractivity contribution in [1.82, 2.24) is 0 Å². The molecule has 71 heavy (non-hydrogen) atoms. The Kier molecular flexibility index (Phi) is 23.2. The van der Waals surface area contributed by atoms with Crippen molar-refractivity contribution in [3.8, 4) is 11.5 Å². The van der Waals surface area contributed by atoms with Crippen LogP contribution >= 0.6 is 0 Å². The second-order valence-electron chi connectivity index (χ2n) is 18.5. The van der Waals surface area contributed by atoms with Gasteiger partial charge in [-0.3, -0.25) is 0 Å². The maximum Gasteiger partial charge on any atom is 0.338 e. The highest BCUT2D eigenvalue weighted by atomic mass is 16.6. The van der Waals surface area contributed by atoms with Crippen molar-refractivity contribution >= 4 is 58.8 Å². The van der Waals surface area contributed by atoms with Gasteiger partial charge in [0.1, 0.15) is 24.7 Å². The highest BCUT2D eigenvalue weighted by Gasteiger charge is 2.22. The van der Waals surface area contributed by atoms with Gasteiger partial charge in [0.2, 0.25) is 0 Å². The van der Waals surface area contributed by atoms with Crippen molar-refractivity contribution in [3.05, 3.63) is 119 Å². The molecule has 8 N–H and O–H groups in total. The summed E-state index contributed by atoms with van der Waals surface area (Å²) in [5.74, 6) is 2.70. The second kappa shape index (κ2) is 29.9. The summed E-state index contributed by atoms with van der Waals surface area (Å²) in [6.07, 6.45) is 22.0. The predicted octanol–water partition coefficient (Wildman–Crippen LogP) is 10.9. The standard InChI is InChI=1S/C29H38N2O5.C28H36N2O5/c1-2-4-21-5-7-23(8-6-21)20-36-27-12-9-22(10-13-27)11-14-28(32)34-15-3-16-35-29(33)24-17-25(30)19-26(31)18-24;1-2-3-20-4-6-22(7-5-20)19-35-26-11-8-21(9-12-26)10-13-27(31)33-14-15-34-28(32)23-16-24(29)18-25(30)17-23/h9-14,17-19,21,23H,2-8,15-16,20,30-31H2,1H3;8-13,16-18,20,22H,2-7,14-15,19,29-30H2,1H3. The van der Waals surface area contributed by atoms with Crippen LogP contribution in [-0.4, -0.2) is 63.5 Å². The van der Waals surface area contributed by atoms with Crippen LogP contribution in [0.3, 0.4) is 0 Å². The van der Waals surface area contributed by atoms with Gasteiger partial charge >= 0.3 is 23.9 Å². The Morgan fingerprint density at radius 2 is 0.803 bits per heavy atom. The Balaban J connectivity index is 0.000000264. The Hall–Kier alpha value is -6.96. The molecule has 0 radical (unpaired) electrons. The normalized spacial score (nSPS) is 17.7. The molecule has 0 spiro atoms. The third-order valence-electron chi connectivity index (χ3n) is 12.6. The van der Waals surface area contributed by atoms with Gasteiger partial charge in [-0.15, -0.1) is 0 Å². The van der Waals surface area contributed by atoms with Gasteiger partial charge in [0.05, 0.1) is 37.6 Å². The molecule has 0 atom stereocenters. The predicted molar refractivity (Wildman–Crippen MR) is 280 cm³/mol. The lowest BCUT2D eigenvalue weighted by Crippen LogP contribution is -2.20. The monoisotopic (exact) mass is 975 g/mol. The third-order valence-corrected chi connectivity index (χ3v) is 12.6. The molecular weight excluding hydrogens is 901 g/mol. The van der Waals surface area contributed by atoms with Crippen molar-refractivity contribution < 1.29 is 47.6 Å². The number of hydrogen-bond acceptors (Lipinski definition) is 14. The number of carbonyl (C=O) groups excluding carboxylic acids is 4. The lowest BCUT2D eigenvalue weighted by atomic mass is 9.80. The molecule has 2 fully saturated rings. The van der Waals surface area contributed by atoms with Crippen LogP contribution in [0.5, 0.6) is 11.5 Å². The summed E-state index contributed by atoms with van der Waals surface area (Å²) in [7, 11) is 0. The fourth-order valence-corrected chi connectivity index (χ4v) is 8.82. The lowest BCUT2D eigenvalue weighted by molar-refractivity contribution is -0.139. The lowest BCUT2D eigenvalue weighted by Gasteiger charge is -2.28. The van der Waals surface area contributed by atoms with Gasteiger partial charge in [-0.05, 0) is 133 Å². The van der Waals surface area contributed by atoms with E-state index >= 15 is 0 Å². The molecule has 382 valence electrons. The largest absolute Gasteiger partial charge is 0.493 e. The summed E-state index contributed by atoms with van der Waals surface area (Å²) < 4.78 is 32.4. The first-order valence-corrected chi connectivity index (χ1v) is 25.2. The molecule has 0 heterocycles. The van der Waals surface area contributed by atoms with Crippen LogP contribution in [0, 0.1) is 23.7 Å². The molecular formula is C57H74N4O10. The molecule has 2 saturated carbocycles. The molecule has 6 rings (SSSR count). The zero-order valence-corrected chi connectivity index (χ0v) is 41.5. The van der Waals surface area contributed by atoms with Crippen LogP contribution in [0.1, 0.15) is 129 Å². The van der Waals surface area contributed by atoms with Gasteiger partial charge in [-0.2, -0.15) is 0 Å². The molecule has 0 amide bonds. The smallest absolute Gasteiger partial charge is 0.338 e. The third kappa shape index (κ3) is 20.9. The average Bonchev–Trinajstić information content (AvgIpc) is 3.36. The summed E-state index contributed by atoms with van der Waals surface area (Å²) in [5, 5.41) is 0. The van der Waals surface area contributed by atoms with Crippen LogP contribution in [0.15, 0.2) is 97.1 Å². The van der Waals surface area contributed by atoms with E-state index in [2.05, 4.69) is 13.8 Å². The van der Waals surface area contributed by atoms with Gasteiger partial charge in [0.25, 0.3) is 0 Å². The molecule has 4 aromatic carbocycles. The van der Waals surface area contributed by atoms with E-state index in [0.717, 1.165) is 47.7 Å². The Labute approximate surface area is 419 Å². The Morgan fingerprint density at radius 3 is 1.20 bits per heavy atom. The molecule has 0 unspecified atom stereocenters. The van der Waals surface area contributed by atoms with Gasteiger partial charge in [-0.1, -0.05) is 89.5 Å². The number of carbonyl (C=O) groups is 4. The van der Waals surface area contributed by atoms with Crippen LogP contribution in [0.4, 0.5) is 22.7 Å². The van der Waals surface area contributed by atoms with Crippen molar-refractivity contribution in [2.45, 2.75) is 97.3 Å². The zero-order chi connectivity index (χ0) is 50.8. The summed E-state index contributed by atoms with van der Waals surface area (Å²) in [5.41, 5.74) is 26.5. The van der Waals surface area contributed by atoms with Crippen molar-refractivity contribution in [2.24, 2.45) is 23.7 Å². The molecule has 0 bridgehead atoms. The molecule has 4 aromatic rings. The van der Waals surface area contributed by atoms with Crippen molar-refractivity contribution in [3.63, 3.8) is 0 Å². The van der Waals surface area contributed by atoms with Crippen LogP contribution in [0.25, 0.3) is 12.2 Å². The number of benzene rings is 4. The highest BCUT2D eigenvalue weighted by molar-refractivity contribution is 5.92. The maximum absolute atomic E-state index is 12.0. The second-order valence-corrected chi connectivity index (χ2v) is 18.5. The number of nitrogens with two attached hydrogens (primary N) is 4. The van der Waals surface area contributed by atoms with E-state index in [9.17, 15) is 19.2 Å². The topological polar surface area (TPSA) is 228 Å². The molecule has 2 aliphatic rings. The van der Waals surface area contributed by atoms with Gasteiger partial charge in [0, 0.05) is 41.3 Å². The number of anilines is 4.